The molecule has 1 aromatic heterocycles. The van der Waals surface area contributed by atoms with Crippen molar-refractivity contribution in [3.8, 4) is 11.5 Å². The molecule has 0 fully saturated rings. The molecule has 0 radical (unpaired) electrons. The molecule has 0 bridgehead atoms. The highest BCUT2D eigenvalue weighted by Crippen LogP contribution is 2.32. The first kappa shape index (κ1) is 14.8. The van der Waals surface area contributed by atoms with Crippen LogP contribution in [0.15, 0.2) is 42.5 Å². The summed E-state index contributed by atoms with van der Waals surface area (Å²) in [4.78, 5) is 16.5. The van der Waals surface area contributed by atoms with Crippen molar-refractivity contribution < 1.29 is 14.3 Å². The number of para-hydroxylation sites is 1. The molecule has 4 rings (SSSR count). The highest BCUT2D eigenvalue weighted by atomic mass is 32.1. The van der Waals surface area contributed by atoms with Crippen molar-refractivity contribution in [2.75, 3.05) is 18.5 Å². The minimum absolute atomic E-state index is 0.286. The molecule has 3 aromatic rings. The molecular weight excluding hydrogens is 326 g/mol. The minimum atomic E-state index is -0.286. The number of carbonyl (C=O) groups is 1. The second-order valence-electron chi connectivity index (χ2n) is 5.24. The van der Waals surface area contributed by atoms with Crippen LogP contribution in [-0.2, 0) is 6.54 Å². The monoisotopic (exact) mass is 341 g/mol. The third-order valence-electron chi connectivity index (χ3n) is 3.54. The molecule has 122 valence electrons. The van der Waals surface area contributed by atoms with E-state index in [1.54, 1.807) is 29.5 Å². The van der Waals surface area contributed by atoms with Crippen LogP contribution < -0.4 is 20.1 Å². The Morgan fingerprint density at radius 2 is 1.96 bits per heavy atom. The number of ether oxygens (including phenoxy) is 2. The summed E-state index contributed by atoms with van der Waals surface area (Å²) in [7, 11) is 0. The van der Waals surface area contributed by atoms with E-state index >= 15 is 0 Å². The van der Waals surface area contributed by atoms with Gasteiger partial charge in [-0.1, -0.05) is 12.1 Å². The molecule has 0 unspecified atom stereocenters. The van der Waals surface area contributed by atoms with Crippen LogP contribution in [0.3, 0.4) is 0 Å². The van der Waals surface area contributed by atoms with E-state index in [4.69, 9.17) is 9.47 Å². The van der Waals surface area contributed by atoms with Crippen LogP contribution in [-0.4, -0.2) is 24.2 Å². The Bertz CT molecular complexity index is 861. The minimum Gasteiger partial charge on any atom is -0.486 e. The van der Waals surface area contributed by atoms with Gasteiger partial charge < -0.3 is 20.1 Å². The Morgan fingerprint density at radius 1 is 1.12 bits per heavy atom. The molecule has 0 spiro atoms. The smallest absolute Gasteiger partial charge is 0.319 e. The van der Waals surface area contributed by atoms with Crippen LogP contribution in [0, 0.1) is 0 Å². The van der Waals surface area contributed by atoms with E-state index in [1.807, 2.05) is 24.3 Å². The van der Waals surface area contributed by atoms with Crippen molar-refractivity contribution >= 4 is 33.3 Å². The Balaban J connectivity index is 1.38. The zero-order chi connectivity index (χ0) is 16.4. The lowest BCUT2D eigenvalue weighted by molar-refractivity contribution is 0.171. The highest BCUT2D eigenvalue weighted by Gasteiger charge is 2.13. The molecular formula is C17H15N3O3S. The van der Waals surface area contributed by atoms with Gasteiger partial charge in [-0.15, -0.1) is 11.3 Å². The van der Waals surface area contributed by atoms with Crippen molar-refractivity contribution in [3.63, 3.8) is 0 Å². The summed E-state index contributed by atoms with van der Waals surface area (Å²) >= 11 is 1.57. The summed E-state index contributed by atoms with van der Waals surface area (Å²) in [6, 6.07) is 13.0. The average Bonchev–Trinajstić information content (AvgIpc) is 3.03. The molecule has 2 amide bonds. The van der Waals surface area contributed by atoms with Crippen LogP contribution in [0.4, 0.5) is 10.5 Å². The van der Waals surface area contributed by atoms with Gasteiger partial charge in [0.05, 0.1) is 16.8 Å². The lowest BCUT2D eigenvalue weighted by Gasteiger charge is -2.19. The SMILES string of the molecule is O=C(NCc1nc2ccccc2s1)Nc1ccc2c(c1)OCCO2. The number of nitrogens with zero attached hydrogens (tertiary/aromatic N) is 1. The Morgan fingerprint density at radius 3 is 2.83 bits per heavy atom. The summed E-state index contributed by atoms with van der Waals surface area (Å²) in [5, 5.41) is 6.47. The number of rotatable bonds is 3. The van der Waals surface area contributed by atoms with Gasteiger partial charge in [-0.05, 0) is 24.3 Å². The van der Waals surface area contributed by atoms with Crippen LogP contribution in [0.5, 0.6) is 11.5 Å². The summed E-state index contributed by atoms with van der Waals surface area (Å²) < 4.78 is 12.1. The number of urea groups is 1. The van der Waals surface area contributed by atoms with Gasteiger partial charge in [0.1, 0.15) is 18.2 Å². The summed E-state index contributed by atoms with van der Waals surface area (Å²) in [5.41, 5.74) is 1.60. The first-order valence-corrected chi connectivity index (χ1v) is 8.38. The fourth-order valence-electron chi connectivity index (χ4n) is 2.45. The number of anilines is 1. The molecule has 2 aromatic carbocycles. The fraction of sp³-hybridized carbons (Fsp3) is 0.176. The van der Waals surface area contributed by atoms with Crippen molar-refractivity contribution in [2.24, 2.45) is 0 Å². The van der Waals surface area contributed by atoms with Gasteiger partial charge in [0.2, 0.25) is 0 Å². The number of amides is 2. The molecule has 0 aliphatic carbocycles. The van der Waals surface area contributed by atoms with Gasteiger partial charge >= 0.3 is 6.03 Å². The number of nitrogens with one attached hydrogen (secondary N) is 2. The highest BCUT2D eigenvalue weighted by molar-refractivity contribution is 7.18. The predicted molar refractivity (Wildman–Crippen MR) is 92.9 cm³/mol. The number of thiazole rings is 1. The van der Waals surface area contributed by atoms with Crippen molar-refractivity contribution in [2.45, 2.75) is 6.54 Å². The maximum atomic E-state index is 12.1. The van der Waals surface area contributed by atoms with Crippen LogP contribution >= 0.6 is 11.3 Å². The van der Waals surface area contributed by atoms with E-state index in [2.05, 4.69) is 15.6 Å². The molecule has 0 saturated carbocycles. The van der Waals surface area contributed by atoms with Gasteiger partial charge in [0.25, 0.3) is 0 Å². The zero-order valence-electron chi connectivity index (χ0n) is 12.7. The average molecular weight is 341 g/mol. The van der Waals surface area contributed by atoms with Gasteiger partial charge in [-0.25, -0.2) is 9.78 Å². The number of fused-ring (bicyclic) bond motifs is 2. The maximum absolute atomic E-state index is 12.1. The lowest BCUT2D eigenvalue weighted by Crippen LogP contribution is -2.28. The number of aromatic nitrogens is 1. The van der Waals surface area contributed by atoms with Crippen molar-refractivity contribution in [1.82, 2.24) is 10.3 Å². The predicted octanol–water partition coefficient (Wildman–Crippen LogP) is 3.39. The van der Waals surface area contributed by atoms with Crippen LogP contribution in [0.1, 0.15) is 5.01 Å². The summed E-state index contributed by atoms with van der Waals surface area (Å²) in [6.07, 6.45) is 0. The van der Waals surface area contributed by atoms with E-state index in [0.717, 1.165) is 15.2 Å². The zero-order valence-corrected chi connectivity index (χ0v) is 13.6. The Hall–Kier alpha value is -2.80. The van der Waals surface area contributed by atoms with Crippen molar-refractivity contribution in [3.05, 3.63) is 47.5 Å². The third kappa shape index (κ3) is 3.11. The molecule has 0 atom stereocenters. The quantitative estimate of drug-likeness (QED) is 0.766. The third-order valence-corrected chi connectivity index (χ3v) is 4.57. The molecule has 1 aliphatic rings. The molecule has 7 heteroatoms. The van der Waals surface area contributed by atoms with E-state index in [-0.39, 0.29) is 6.03 Å². The topological polar surface area (TPSA) is 72.5 Å². The molecule has 2 heterocycles. The summed E-state index contributed by atoms with van der Waals surface area (Å²) in [5.74, 6) is 1.34. The molecule has 6 nitrogen and oxygen atoms in total. The second-order valence-corrected chi connectivity index (χ2v) is 6.36. The van der Waals surface area contributed by atoms with Gasteiger partial charge in [-0.2, -0.15) is 0 Å². The fourth-order valence-corrected chi connectivity index (χ4v) is 3.35. The largest absolute Gasteiger partial charge is 0.486 e. The molecule has 24 heavy (non-hydrogen) atoms. The van der Waals surface area contributed by atoms with Gasteiger partial charge in [0.15, 0.2) is 11.5 Å². The van der Waals surface area contributed by atoms with Crippen LogP contribution in [0.25, 0.3) is 10.2 Å². The maximum Gasteiger partial charge on any atom is 0.319 e. The summed E-state index contributed by atoms with van der Waals surface area (Å²) in [6.45, 7) is 1.44. The van der Waals surface area contributed by atoms with E-state index in [1.165, 1.54) is 0 Å². The second kappa shape index (κ2) is 6.37. The Kier molecular flexibility index (Phi) is 3.92. The number of benzene rings is 2. The van der Waals surface area contributed by atoms with Crippen molar-refractivity contribution in [1.29, 1.82) is 0 Å². The first-order valence-electron chi connectivity index (χ1n) is 7.57. The number of carbonyl (C=O) groups excluding carboxylic acids is 1. The standard InChI is InChI=1S/C17H15N3O3S/c21-17(18-10-16-20-12-3-1-2-4-15(12)24-16)19-11-5-6-13-14(9-11)23-8-7-22-13/h1-6,9H,7-8,10H2,(H2,18,19,21). The molecule has 1 aliphatic heterocycles. The normalized spacial score (nSPS) is 12.8. The Labute approximate surface area is 142 Å². The van der Waals surface area contributed by atoms with E-state index in [9.17, 15) is 4.79 Å². The molecule has 2 N–H and O–H groups in total. The number of hydrogen-bond acceptors (Lipinski definition) is 5. The van der Waals surface area contributed by atoms with Gasteiger partial charge in [-0.3, -0.25) is 0 Å². The van der Waals surface area contributed by atoms with E-state index in [0.29, 0.717) is 36.9 Å². The first-order chi connectivity index (χ1) is 11.8. The van der Waals surface area contributed by atoms with E-state index < -0.39 is 0 Å². The lowest BCUT2D eigenvalue weighted by atomic mass is 10.2. The number of hydrogen-bond donors (Lipinski definition) is 2. The van der Waals surface area contributed by atoms with Gasteiger partial charge in [0, 0.05) is 11.8 Å². The van der Waals surface area contributed by atoms with Crippen LogP contribution in [0.2, 0.25) is 0 Å². The molecule has 0 saturated heterocycles.